The molecule has 1 aliphatic carbocycles. The first-order valence-corrected chi connectivity index (χ1v) is 6.31. The second-order valence-corrected chi connectivity index (χ2v) is 4.65. The number of hydrogen-bond acceptors (Lipinski definition) is 3. The highest BCUT2D eigenvalue weighted by Crippen LogP contribution is 2.26. The average molecular weight is 238 g/mol. The number of nitrogens with zero attached hydrogens (tertiary/aromatic N) is 2. The first kappa shape index (κ1) is 12.1. The summed E-state index contributed by atoms with van der Waals surface area (Å²) in [5, 5.41) is 0. The van der Waals surface area contributed by atoms with E-state index in [0.29, 0.717) is 6.54 Å². The van der Waals surface area contributed by atoms with E-state index < -0.39 is 6.03 Å². The molecule has 17 heavy (non-hydrogen) atoms. The van der Waals surface area contributed by atoms with Crippen molar-refractivity contribution in [2.24, 2.45) is 0 Å². The van der Waals surface area contributed by atoms with Gasteiger partial charge in [-0.05, 0) is 19.8 Å². The average Bonchev–Trinajstić information content (AvgIpc) is 2.30. The summed E-state index contributed by atoms with van der Waals surface area (Å²) in [7, 11) is 0. The Morgan fingerprint density at radius 1 is 1.06 bits per heavy atom. The number of hydrogen-bond donors (Lipinski definition) is 0. The molecule has 0 aromatic carbocycles. The third kappa shape index (κ3) is 2.18. The fraction of sp³-hybridized carbons (Fsp3) is 0.750. The van der Waals surface area contributed by atoms with Crippen LogP contribution in [-0.2, 0) is 9.59 Å². The van der Waals surface area contributed by atoms with Crippen LogP contribution in [0, 0.1) is 0 Å². The molecule has 4 amide bonds. The van der Waals surface area contributed by atoms with Crippen molar-refractivity contribution in [1.82, 2.24) is 9.80 Å². The third-order valence-corrected chi connectivity index (χ3v) is 3.57. The standard InChI is InChI=1S/C12H18N2O3/c1-2-13-10(15)8-11(16)14(12(13)17)9-6-4-3-5-7-9/h9H,2-8H2,1H3. The highest BCUT2D eigenvalue weighted by molar-refractivity contribution is 6.14. The van der Waals surface area contributed by atoms with E-state index in [4.69, 9.17) is 0 Å². The summed E-state index contributed by atoms with van der Waals surface area (Å²) in [5.41, 5.74) is 0. The summed E-state index contributed by atoms with van der Waals surface area (Å²) >= 11 is 0. The minimum Gasteiger partial charge on any atom is -0.274 e. The molecule has 0 spiro atoms. The van der Waals surface area contributed by atoms with Crippen molar-refractivity contribution < 1.29 is 14.4 Å². The fourth-order valence-corrected chi connectivity index (χ4v) is 2.66. The van der Waals surface area contributed by atoms with Crippen molar-refractivity contribution >= 4 is 17.8 Å². The molecular formula is C12H18N2O3. The van der Waals surface area contributed by atoms with Crippen LogP contribution in [0.25, 0.3) is 0 Å². The Balaban J connectivity index is 2.16. The van der Waals surface area contributed by atoms with Crippen molar-refractivity contribution in [1.29, 1.82) is 0 Å². The summed E-state index contributed by atoms with van der Waals surface area (Å²) in [4.78, 5) is 38.0. The molecule has 94 valence electrons. The van der Waals surface area contributed by atoms with Crippen molar-refractivity contribution in [3.05, 3.63) is 0 Å². The molecule has 5 nitrogen and oxygen atoms in total. The first-order chi connectivity index (χ1) is 8.15. The van der Waals surface area contributed by atoms with Crippen molar-refractivity contribution in [3.63, 3.8) is 0 Å². The van der Waals surface area contributed by atoms with Crippen LogP contribution < -0.4 is 0 Å². The van der Waals surface area contributed by atoms with Crippen LogP contribution in [0.5, 0.6) is 0 Å². The highest BCUT2D eigenvalue weighted by atomic mass is 16.2. The Labute approximate surface area is 101 Å². The molecule has 1 heterocycles. The Morgan fingerprint density at radius 2 is 1.71 bits per heavy atom. The Bertz CT molecular complexity index is 348. The van der Waals surface area contributed by atoms with E-state index in [-0.39, 0.29) is 24.3 Å². The van der Waals surface area contributed by atoms with Gasteiger partial charge in [0.2, 0.25) is 11.8 Å². The van der Waals surface area contributed by atoms with E-state index in [2.05, 4.69) is 0 Å². The van der Waals surface area contributed by atoms with Crippen molar-refractivity contribution in [2.45, 2.75) is 51.5 Å². The summed E-state index contributed by atoms with van der Waals surface area (Å²) in [6, 6.07) is -0.411. The summed E-state index contributed by atoms with van der Waals surface area (Å²) < 4.78 is 0. The van der Waals surface area contributed by atoms with Gasteiger partial charge in [-0.1, -0.05) is 19.3 Å². The zero-order valence-electron chi connectivity index (χ0n) is 10.1. The van der Waals surface area contributed by atoms with E-state index in [1.165, 1.54) is 16.2 Å². The predicted molar refractivity (Wildman–Crippen MR) is 61.1 cm³/mol. The predicted octanol–water partition coefficient (Wildman–Crippen LogP) is 1.52. The van der Waals surface area contributed by atoms with Gasteiger partial charge in [-0.3, -0.25) is 19.4 Å². The Hall–Kier alpha value is -1.39. The largest absolute Gasteiger partial charge is 0.333 e. The van der Waals surface area contributed by atoms with E-state index >= 15 is 0 Å². The van der Waals surface area contributed by atoms with Gasteiger partial charge in [0, 0.05) is 12.6 Å². The fourth-order valence-electron chi connectivity index (χ4n) is 2.66. The molecule has 0 atom stereocenters. The topological polar surface area (TPSA) is 57.7 Å². The SMILES string of the molecule is CCN1C(=O)CC(=O)N(C2CCCCC2)C1=O. The van der Waals surface area contributed by atoms with Gasteiger partial charge in [0.15, 0.2) is 0 Å². The van der Waals surface area contributed by atoms with Crippen LogP contribution in [0.15, 0.2) is 0 Å². The highest BCUT2D eigenvalue weighted by Gasteiger charge is 2.40. The smallest absolute Gasteiger partial charge is 0.274 e. The van der Waals surface area contributed by atoms with Gasteiger partial charge in [-0.15, -0.1) is 0 Å². The quantitative estimate of drug-likeness (QED) is 0.685. The second-order valence-electron chi connectivity index (χ2n) is 4.65. The lowest BCUT2D eigenvalue weighted by atomic mass is 9.93. The molecule has 2 aliphatic rings. The maximum absolute atomic E-state index is 12.1. The van der Waals surface area contributed by atoms with E-state index in [0.717, 1.165) is 25.7 Å². The van der Waals surface area contributed by atoms with E-state index in [1.54, 1.807) is 6.92 Å². The van der Waals surface area contributed by atoms with Gasteiger partial charge in [-0.2, -0.15) is 0 Å². The zero-order chi connectivity index (χ0) is 12.4. The molecule has 0 N–H and O–H groups in total. The third-order valence-electron chi connectivity index (χ3n) is 3.57. The number of carbonyl (C=O) groups excluding carboxylic acids is 3. The number of imide groups is 2. The Kier molecular flexibility index (Phi) is 3.45. The molecule has 2 rings (SSSR count). The molecule has 0 aromatic heterocycles. The molecule has 2 fully saturated rings. The molecule has 0 bridgehead atoms. The maximum Gasteiger partial charge on any atom is 0.333 e. The molecule has 1 saturated heterocycles. The first-order valence-electron chi connectivity index (χ1n) is 6.31. The van der Waals surface area contributed by atoms with E-state index in [9.17, 15) is 14.4 Å². The monoisotopic (exact) mass is 238 g/mol. The lowest BCUT2D eigenvalue weighted by Gasteiger charge is -2.38. The lowest BCUT2D eigenvalue weighted by Crippen LogP contribution is -2.58. The summed E-state index contributed by atoms with van der Waals surface area (Å²) in [6.45, 7) is 2.10. The Morgan fingerprint density at radius 3 is 2.29 bits per heavy atom. The van der Waals surface area contributed by atoms with Crippen LogP contribution in [0.3, 0.4) is 0 Å². The maximum atomic E-state index is 12.1. The normalized spacial score (nSPS) is 23.5. The number of amides is 4. The molecule has 5 heteroatoms. The van der Waals surface area contributed by atoms with Gasteiger partial charge < -0.3 is 0 Å². The zero-order valence-corrected chi connectivity index (χ0v) is 10.1. The van der Waals surface area contributed by atoms with Gasteiger partial charge in [0.1, 0.15) is 6.42 Å². The summed E-state index contributed by atoms with van der Waals surface area (Å²) in [5.74, 6) is -0.689. The van der Waals surface area contributed by atoms with Gasteiger partial charge >= 0.3 is 6.03 Å². The van der Waals surface area contributed by atoms with Crippen LogP contribution in [-0.4, -0.2) is 40.2 Å². The van der Waals surface area contributed by atoms with Crippen molar-refractivity contribution in [2.75, 3.05) is 6.54 Å². The minimum absolute atomic E-state index is 0.00546. The van der Waals surface area contributed by atoms with Crippen LogP contribution in [0.2, 0.25) is 0 Å². The van der Waals surface area contributed by atoms with Gasteiger partial charge in [0.05, 0.1) is 0 Å². The number of barbiturate groups is 1. The molecule has 0 aromatic rings. The van der Waals surface area contributed by atoms with Gasteiger partial charge in [0.25, 0.3) is 0 Å². The molecular weight excluding hydrogens is 220 g/mol. The van der Waals surface area contributed by atoms with Crippen LogP contribution in [0.4, 0.5) is 4.79 Å². The van der Waals surface area contributed by atoms with Crippen molar-refractivity contribution in [3.8, 4) is 0 Å². The second kappa shape index (κ2) is 4.85. The molecule has 0 radical (unpaired) electrons. The molecule has 1 saturated carbocycles. The molecule has 0 unspecified atom stereocenters. The number of urea groups is 1. The number of carbonyl (C=O) groups is 3. The minimum atomic E-state index is -0.416. The van der Waals surface area contributed by atoms with Crippen LogP contribution >= 0.6 is 0 Å². The lowest BCUT2D eigenvalue weighted by molar-refractivity contribution is -0.144. The van der Waals surface area contributed by atoms with E-state index in [1.807, 2.05) is 0 Å². The van der Waals surface area contributed by atoms with Gasteiger partial charge in [-0.25, -0.2) is 4.79 Å². The molecule has 1 aliphatic heterocycles. The van der Waals surface area contributed by atoms with Crippen LogP contribution in [0.1, 0.15) is 45.4 Å². The summed E-state index contributed by atoms with van der Waals surface area (Å²) in [6.07, 6.45) is 4.88. The number of rotatable bonds is 2.